The average Bonchev–Trinajstić information content (AvgIpc) is 2.46. The van der Waals surface area contributed by atoms with Crippen LogP contribution in [-0.2, 0) is 34.0 Å². The fourth-order valence-electron chi connectivity index (χ4n) is 1.85. The number of esters is 1. The Balaban J connectivity index is 2.58. The second-order valence-corrected chi connectivity index (χ2v) is 9.98. The van der Waals surface area contributed by atoms with Crippen LogP contribution in [0.2, 0.25) is 0 Å². The summed E-state index contributed by atoms with van der Waals surface area (Å²) in [5.41, 5.74) is 0. The maximum atomic E-state index is 11.8. The van der Waals surface area contributed by atoms with Crippen molar-refractivity contribution >= 4 is 31.6 Å². The lowest BCUT2D eigenvalue weighted by molar-refractivity contribution is -0.165. The Kier molecular flexibility index (Phi) is 6.36. The zero-order valence-electron chi connectivity index (χ0n) is 12.6. The number of carbonyl (C=O) groups excluding carboxylic acids is 2. The molecule has 1 saturated heterocycles. The first-order valence-electron chi connectivity index (χ1n) is 7.02. The molecule has 2 atom stereocenters. The summed E-state index contributed by atoms with van der Waals surface area (Å²) in [6, 6.07) is -1.01. The lowest BCUT2D eigenvalue weighted by Gasteiger charge is -2.28. The van der Waals surface area contributed by atoms with Crippen molar-refractivity contribution in [3.8, 4) is 0 Å². The SMILES string of the molecule is CCS(=O)(=O)CC[C@@H]1OC(=O)[C@@H](CCS(=O)(=O)CC)NC1=O. The minimum Gasteiger partial charge on any atom is -0.451 e. The molecule has 128 valence electrons. The predicted octanol–water partition coefficient (Wildman–Crippen LogP) is -0.954. The topological polar surface area (TPSA) is 124 Å². The Morgan fingerprint density at radius 3 is 1.95 bits per heavy atom. The Morgan fingerprint density at radius 1 is 0.955 bits per heavy atom. The second-order valence-electron chi connectivity index (χ2n) is 5.04. The summed E-state index contributed by atoms with van der Waals surface area (Å²) < 4.78 is 50.6. The number of hydrogen-bond donors (Lipinski definition) is 1. The van der Waals surface area contributed by atoms with Gasteiger partial charge in [-0.1, -0.05) is 13.8 Å². The van der Waals surface area contributed by atoms with E-state index in [4.69, 9.17) is 4.74 Å². The van der Waals surface area contributed by atoms with E-state index in [1.54, 1.807) is 0 Å². The van der Waals surface area contributed by atoms with Crippen molar-refractivity contribution in [3.05, 3.63) is 0 Å². The molecule has 0 radical (unpaired) electrons. The Bertz CT molecular complexity index is 568. The first-order valence-corrected chi connectivity index (χ1v) is 10.7. The molecule has 0 aromatic rings. The average molecular weight is 355 g/mol. The molecule has 22 heavy (non-hydrogen) atoms. The molecule has 0 unspecified atom stereocenters. The Labute approximate surface area is 130 Å². The van der Waals surface area contributed by atoms with E-state index in [1.165, 1.54) is 13.8 Å². The third-order valence-corrected chi connectivity index (χ3v) is 6.91. The lowest BCUT2D eigenvalue weighted by atomic mass is 10.1. The quantitative estimate of drug-likeness (QED) is 0.556. The Hall–Kier alpha value is -1.16. The van der Waals surface area contributed by atoms with E-state index in [1.807, 2.05) is 0 Å². The number of ether oxygens (including phenoxy) is 1. The van der Waals surface area contributed by atoms with Crippen LogP contribution in [-0.4, -0.2) is 63.9 Å². The molecule has 1 aliphatic heterocycles. The molecule has 8 nitrogen and oxygen atoms in total. The van der Waals surface area contributed by atoms with Crippen molar-refractivity contribution in [1.82, 2.24) is 5.32 Å². The fourth-order valence-corrected chi connectivity index (χ4v) is 3.60. The monoisotopic (exact) mass is 355 g/mol. The van der Waals surface area contributed by atoms with Gasteiger partial charge in [0.1, 0.15) is 25.7 Å². The molecule has 0 saturated carbocycles. The number of morpholine rings is 1. The Morgan fingerprint density at radius 2 is 1.45 bits per heavy atom. The normalized spacial score (nSPS) is 23.0. The largest absolute Gasteiger partial charge is 0.451 e. The van der Waals surface area contributed by atoms with E-state index < -0.39 is 43.7 Å². The number of amides is 1. The van der Waals surface area contributed by atoms with Crippen LogP contribution in [0, 0.1) is 0 Å². The van der Waals surface area contributed by atoms with Gasteiger partial charge in [0.2, 0.25) is 0 Å². The van der Waals surface area contributed by atoms with Crippen LogP contribution < -0.4 is 5.32 Å². The van der Waals surface area contributed by atoms with E-state index in [-0.39, 0.29) is 35.9 Å². The highest BCUT2D eigenvalue weighted by molar-refractivity contribution is 7.91. The standard InChI is InChI=1S/C12H21NO7S2/c1-3-21(16,17)7-5-9-12(15)20-10(11(14)13-9)6-8-22(18,19)4-2/h9-10H,3-8H2,1-2H3,(H,13,14)/t9-,10+/m1/s1. The first kappa shape index (κ1) is 18.9. The van der Waals surface area contributed by atoms with Gasteiger partial charge in [-0.3, -0.25) is 4.79 Å². The summed E-state index contributed by atoms with van der Waals surface area (Å²) in [5, 5.41) is 2.39. The van der Waals surface area contributed by atoms with Crippen molar-refractivity contribution in [2.45, 2.75) is 38.8 Å². The van der Waals surface area contributed by atoms with E-state index in [2.05, 4.69) is 5.32 Å². The summed E-state index contributed by atoms with van der Waals surface area (Å²) in [5.74, 6) is -1.88. The zero-order chi connectivity index (χ0) is 17.0. The van der Waals surface area contributed by atoms with Crippen LogP contribution in [0.4, 0.5) is 0 Å². The molecule has 10 heteroatoms. The van der Waals surface area contributed by atoms with Gasteiger partial charge >= 0.3 is 5.97 Å². The number of hydrogen-bond acceptors (Lipinski definition) is 7. The molecule has 0 aromatic heterocycles. The fraction of sp³-hybridized carbons (Fsp3) is 0.833. The maximum Gasteiger partial charge on any atom is 0.329 e. The van der Waals surface area contributed by atoms with E-state index in [9.17, 15) is 26.4 Å². The number of nitrogens with one attached hydrogen (secondary N) is 1. The molecule has 1 rings (SSSR count). The number of rotatable bonds is 8. The smallest absolute Gasteiger partial charge is 0.329 e. The van der Waals surface area contributed by atoms with E-state index in [0.29, 0.717) is 0 Å². The highest BCUT2D eigenvalue weighted by Crippen LogP contribution is 2.13. The van der Waals surface area contributed by atoms with E-state index in [0.717, 1.165) is 0 Å². The molecular formula is C12H21NO7S2. The van der Waals surface area contributed by atoms with Crippen molar-refractivity contribution in [2.24, 2.45) is 0 Å². The van der Waals surface area contributed by atoms with Gasteiger partial charge in [0.05, 0.1) is 11.5 Å². The molecule has 0 aromatic carbocycles. The third kappa shape index (κ3) is 5.56. The first-order chi connectivity index (χ1) is 10.1. The van der Waals surface area contributed by atoms with Crippen molar-refractivity contribution < 1.29 is 31.2 Å². The molecule has 1 amide bonds. The number of carbonyl (C=O) groups is 2. The molecule has 1 heterocycles. The highest BCUT2D eigenvalue weighted by Gasteiger charge is 2.36. The molecule has 1 N–H and O–H groups in total. The van der Waals surface area contributed by atoms with Crippen molar-refractivity contribution in [3.63, 3.8) is 0 Å². The van der Waals surface area contributed by atoms with Crippen molar-refractivity contribution in [1.29, 1.82) is 0 Å². The van der Waals surface area contributed by atoms with Crippen LogP contribution in [0.5, 0.6) is 0 Å². The van der Waals surface area contributed by atoms with Crippen LogP contribution in [0.3, 0.4) is 0 Å². The van der Waals surface area contributed by atoms with Crippen LogP contribution in [0.15, 0.2) is 0 Å². The van der Waals surface area contributed by atoms with Gasteiger partial charge in [-0.05, 0) is 6.42 Å². The van der Waals surface area contributed by atoms with Gasteiger partial charge in [-0.25, -0.2) is 21.6 Å². The van der Waals surface area contributed by atoms with Crippen LogP contribution in [0.1, 0.15) is 26.7 Å². The van der Waals surface area contributed by atoms with Gasteiger partial charge in [-0.2, -0.15) is 0 Å². The zero-order valence-corrected chi connectivity index (χ0v) is 14.2. The number of cyclic esters (lactones) is 1. The van der Waals surface area contributed by atoms with Crippen molar-refractivity contribution in [2.75, 3.05) is 23.0 Å². The molecule has 1 fully saturated rings. The minimum atomic E-state index is -3.26. The highest BCUT2D eigenvalue weighted by atomic mass is 32.2. The second kappa shape index (κ2) is 7.40. The van der Waals surface area contributed by atoms with Gasteiger partial charge in [0.15, 0.2) is 6.10 Å². The summed E-state index contributed by atoms with van der Waals surface area (Å²) in [7, 11) is -6.50. The summed E-state index contributed by atoms with van der Waals surface area (Å²) >= 11 is 0. The minimum absolute atomic E-state index is 0.0415. The predicted molar refractivity (Wildman–Crippen MR) is 79.7 cm³/mol. The van der Waals surface area contributed by atoms with Gasteiger partial charge in [0, 0.05) is 17.9 Å². The molecular weight excluding hydrogens is 334 g/mol. The molecule has 0 aliphatic carbocycles. The summed E-state index contributed by atoms with van der Waals surface area (Å²) in [6.07, 6.45) is -1.30. The third-order valence-electron chi connectivity index (χ3n) is 3.44. The molecule has 1 aliphatic rings. The van der Waals surface area contributed by atoms with E-state index >= 15 is 0 Å². The van der Waals surface area contributed by atoms with Crippen LogP contribution >= 0.6 is 0 Å². The molecule has 0 bridgehead atoms. The molecule has 0 spiro atoms. The lowest BCUT2D eigenvalue weighted by Crippen LogP contribution is -2.54. The summed E-state index contributed by atoms with van der Waals surface area (Å²) in [4.78, 5) is 23.6. The summed E-state index contributed by atoms with van der Waals surface area (Å²) in [6.45, 7) is 2.99. The van der Waals surface area contributed by atoms with Gasteiger partial charge in [0.25, 0.3) is 5.91 Å². The maximum absolute atomic E-state index is 11.8. The van der Waals surface area contributed by atoms with Crippen LogP contribution in [0.25, 0.3) is 0 Å². The van der Waals surface area contributed by atoms with Gasteiger partial charge in [-0.15, -0.1) is 0 Å². The van der Waals surface area contributed by atoms with Gasteiger partial charge < -0.3 is 10.1 Å². The number of sulfone groups is 2.